The summed E-state index contributed by atoms with van der Waals surface area (Å²) in [4.78, 5) is 11.3. The Hall–Kier alpha value is -0.900. The summed E-state index contributed by atoms with van der Waals surface area (Å²) in [6.45, 7) is 0. The molecule has 1 aromatic carbocycles. The van der Waals surface area contributed by atoms with E-state index in [1.807, 2.05) is 0 Å². The smallest absolute Gasteiger partial charge is 0.337 e. The Morgan fingerprint density at radius 1 is 1.53 bits per heavy atom. The summed E-state index contributed by atoms with van der Waals surface area (Å²) in [5, 5.41) is 0. The normalized spacial score (nSPS) is 15.1. The molecule has 0 aliphatic heterocycles. The molecule has 1 saturated carbocycles. The second-order valence-corrected chi connectivity index (χ2v) is 4.42. The molecule has 0 radical (unpaired) electrons. The van der Waals surface area contributed by atoms with Gasteiger partial charge in [-0.15, -0.1) is 0 Å². The first-order valence-electron chi connectivity index (χ1n) is 4.70. The Morgan fingerprint density at radius 2 is 2.20 bits per heavy atom. The third-order valence-corrected chi connectivity index (χ3v) is 3.33. The molecule has 0 spiro atoms. The molecule has 15 heavy (non-hydrogen) atoms. The second-order valence-electron chi connectivity index (χ2n) is 3.63. The van der Waals surface area contributed by atoms with E-state index in [1.165, 1.54) is 13.2 Å². The number of ether oxygens (including phenoxy) is 1. The fourth-order valence-corrected chi connectivity index (χ4v) is 2.09. The van der Waals surface area contributed by atoms with Crippen molar-refractivity contribution >= 4 is 21.9 Å². The lowest BCUT2D eigenvalue weighted by Gasteiger charge is -2.06. The standard InChI is InChI=1S/C11H10BrFO2/c1-15-11(14)7-4-8(6-2-3-6)10(12)9(13)5-7/h4-6H,2-3H2,1H3. The van der Waals surface area contributed by atoms with E-state index in [0.717, 1.165) is 18.4 Å². The monoisotopic (exact) mass is 272 g/mol. The van der Waals surface area contributed by atoms with Gasteiger partial charge < -0.3 is 4.74 Å². The number of rotatable bonds is 2. The summed E-state index contributed by atoms with van der Waals surface area (Å²) >= 11 is 3.20. The van der Waals surface area contributed by atoms with Crippen molar-refractivity contribution in [1.82, 2.24) is 0 Å². The predicted octanol–water partition coefficient (Wildman–Crippen LogP) is 3.25. The number of methoxy groups -OCH3 is 1. The van der Waals surface area contributed by atoms with Crippen LogP contribution in [0.5, 0.6) is 0 Å². The van der Waals surface area contributed by atoms with Gasteiger partial charge in [0.15, 0.2) is 0 Å². The van der Waals surface area contributed by atoms with Gasteiger partial charge in [0.2, 0.25) is 0 Å². The van der Waals surface area contributed by atoms with Gasteiger partial charge in [-0.3, -0.25) is 0 Å². The molecule has 1 fully saturated rings. The van der Waals surface area contributed by atoms with E-state index in [-0.39, 0.29) is 5.56 Å². The number of esters is 1. The molecule has 2 rings (SSSR count). The van der Waals surface area contributed by atoms with Crippen LogP contribution in [-0.4, -0.2) is 13.1 Å². The van der Waals surface area contributed by atoms with E-state index in [4.69, 9.17) is 0 Å². The lowest BCUT2D eigenvalue weighted by Crippen LogP contribution is -2.03. The third kappa shape index (κ3) is 2.04. The average Bonchev–Trinajstić information content (AvgIpc) is 3.04. The molecule has 0 saturated heterocycles. The molecule has 0 unspecified atom stereocenters. The van der Waals surface area contributed by atoms with Crippen LogP contribution in [0.4, 0.5) is 4.39 Å². The van der Waals surface area contributed by atoms with Gasteiger partial charge in [0.25, 0.3) is 0 Å². The fraction of sp³-hybridized carbons (Fsp3) is 0.364. The molecule has 0 N–H and O–H groups in total. The maximum absolute atomic E-state index is 13.5. The van der Waals surface area contributed by atoms with Crippen molar-refractivity contribution in [3.8, 4) is 0 Å². The van der Waals surface area contributed by atoms with Crippen LogP contribution in [0.15, 0.2) is 16.6 Å². The predicted molar refractivity (Wildman–Crippen MR) is 57.4 cm³/mol. The SMILES string of the molecule is COC(=O)c1cc(F)c(Br)c(C2CC2)c1. The Labute approximate surface area is 95.6 Å². The minimum atomic E-state index is -0.497. The number of halogens is 2. The Kier molecular flexibility index (Phi) is 2.78. The van der Waals surface area contributed by atoms with Crippen LogP contribution >= 0.6 is 15.9 Å². The molecule has 1 aromatic rings. The van der Waals surface area contributed by atoms with Crippen LogP contribution in [0.2, 0.25) is 0 Å². The Balaban J connectivity index is 2.45. The molecular formula is C11H10BrFO2. The van der Waals surface area contributed by atoms with Crippen molar-refractivity contribution in [2.75, 3.05) is 7.11 Å². The van der Waals surface area contributed by atoms with Crippen LogP contribution < -0.4 is 0 Å². The van der Waals surface area contributed by atoms with E-state index in [2.05, 4.69) is 20.7 Å². The van der Waals surface area contributed by atoms with Gasteiger partial charge in [-0.2, -0.15) is 0 Å². The van der Waals surface area contributed by atoms with Gasteiger partial charge in [0.1, 0.15) is 5.82 Å². The highest BCUT2D eigenvalue weighted by molar-refractivity contribution is 9.10. The largest absolute Gasteiger partial charge is 0.465 e. The Bertz CT molecular complexity index is 413. The maximum Gasteiger partial charge on any atom is 0.337 e. The number of benzene rings is 1. The molecule has 80 valence electrons. The van der Waals surface area contributed by atoms with Gasteiger partial charge in [-0.25, -0.2) is 9.18 Å². The number of hydrogen-bond acceptors (Lipinski definition) is 2. The third-order valence-electron chi connectivity index (χ3n) is 2.49. The van der Waals surface area contributed by atoms with Crippen molar-refractivity contribution in [1.29, 1.82) is 0 Å². The first kappa shape index (κ1) is 10.6. The van der Waals surface area contributed by atoms with E-state index in [0.29, 0.717) is 10.4 Å². The summed E-state index contributed by atoms with van der Waals surface area (Å²) in [6.07, 6.45) is 2.12. The minimum absolute atomic E-state index is 0.278. The van der Waals surface area contributed by atoms with Crippen LogP contribution in [0.3, 0.4) is 0 Å². The van der Waals surface area contributed by atoms with Gasteiger partial charge in [-0.05, 0) is 52.4 Å². The summed E-state index contributed by atoms with van der Waals surface area (Å²) in [6, 6.07) is 2.90. The summed E-state index contributed by atoms with van der Waals surface area (Å²) in [7, 11) is 1.29. The molecule has 0 aromatic heterocycles. The van der Waals surface area contributed by atoms with Crippen molar-refractivity contribution in [3.63, 3.8) is 0 Å². The van der Waals surface area contributed by atoms with Gasteiger partial charge in [0.05, 0.1) is 17.1 Å². The van der Waals surface area contributed by atoms with Gasteiger partial charge in [-0.1, -0.05) is 0 Å². The molecular weight excluding hydrogens is 263 g/mol. The molecule has 0 amide bonds. The van der Waals surface area contributed by atoms with Gasteiger partial charge >= 0.3 is 5.97 Å². The highest BCUT2D eigenvalue weighted by Crippen LogP contribution is 2.44. The molecule has 0 atom stereocenters. The summed E-state index contributed by atoms with van der Waals surface area (Å²) in [5.74, 6) is -0.512. The zero-order valence-corrected chi connectivity index (χ0v) is 9.80. The van der Waals surface area contributed by atoms with Crippen molar-refractivity contribution in [2.24, 2.45) is 0 Å². The zero-order chi connectivity index (χ0) is 11.0. The minimum Gasteiger partial charge on any atom is -0.465 e. The van der Waals surface area contributed by atoms with E-state index < -0.39 is 11.8 Å². The molecule has 0 bridgehead atoms. The van der Waals surface area contributed by atoms with Crippen LogP contribution in [0, 0.1) is 5.82 Å². The average molecular weight is 273 g/mol. The summed E-state index contributed by atoms with van der Waals surface area (Å²) < 4.78 is 18.5. The molecule has 4 heteroatoms. The van der Waals surface area contributed by atoms with Crippen LogP contribution in [0.1, 0.15) is 34.7 Å². The van der Waals surface area contributed by atoms with Crippen molar-refractivity contribution in [2.45, 2.75) is 18.8 Å². The highest BCUT2D eigenvalue weighted by Gasteiger charge is 2.28. The summed E-state index contributed by atoms with van der Waals surface area (Å²) in [5.41, 5.74) is 1.15. The maximum atomic E-state index is 13.5. The van der Waals surface area contributed by atoms with E-state index >= 15 is 0 Å². The number of hydrogen-bond donors (Lipinski definition) is 0. The molecule has 1 aliphatic carbocycles. The zero-order valence-electron chi connectivity index (χ0n) is 8.22. The quantitative estimate of drug-likeness (QED) is 0.773. The van der Waals surface area contributed by atoms with Crippen LogP contribution in [-0.2, 0) is 4.74 Å². The first-order valence-corrected chi connectivity index (χ1v) is 5.50. The van der Waals surface area contributed by atoms with Gasteiger partial charge in [0, 0.05) is 0 Å². The van der Waals surface area contributed by atoms with E-state index in [9.17, 15) is 9.18 Å². The second kappa shape index (κ2) is 3.93. The van der Waals surface area contributed by atoms with E-state index in [1.54, 1.807) is 6.07 Å². The van der Waals surface area contributed by atoms with Crippen LogP contribution in [0.25, 0.3) is 0 Å². The molecule has 2 nitrogen and oxygen atoms in total. The number of carbonyl (C=O) groups excluding carboxylic acids is 1. The van der Waals surface area contributed by atoms with Crippen molar-refractivity contribution < 1.29 is 13.9 Å². The topological polar surface area (TPSA) is 26.3 Å². The first-order chi connectivity index (χ1) is 7.13. The molecule has 1 aliphatic rings. The lowest BCUT2D eigenvalue weighted by molar-refractivity contribution is 0.0600. The highest BCUT2D eigenvalue weighted by atomic mass is 79.9. The number of carbonyl (C=O) groups is 1. The Morgan fingerprint density at radius 3 is 2.73 bits per heavy atom. The lowest BCUT2D eigenvalue weighted by atomic mass is 10.1. The fourth-order valence-electron chi connectivity index (χ4n) is 1.54. The van der Waals surface area contributed by atoms with Crippen molar-refractivity contribution in [3.05, 3.63) is 33.5 Å². The molecule has 0 heterocycles.